The van der Waals surface area contributed by atoms with Crippen LogP contribution in [0.4, 0.5) is 0 Å². The lowest BCUT2D eigenvalue weighted by molar-refractivity contribution is 0.322. The van der Waals surface area contributed by atoms with E-state index in [0.29, 0.717) is 29.7 Å². The van der Waals surface area contributed by atoms with E-state index in [1.165, 1.54) is 11.1 Å². The molecule has 6 nitrogen and oxygen atoms in total. The number of methoxy groups -OCH3 is 3. The summed E-state index contributed by atoms with van der Waals surface area (Å²) >= 11 is 0. The normalized spacial score (nSPS) is 11.9. The highest BCUT2D eigenvalue weighted by Gasteiger charge is 2.15. The van der Waals surface area contributed by atoms with Gasteiger partial charge in [0.25, 0.3) is 0 Å². The maximum Gasteiger partial charge on any atom is 0.203 e. The van der Waals surface area contributed by atoms with Crippen molar-refractivity contribution in [3.05, 3.63) is 53.1 Å². The van der Waals surface area contributed by atoms with Crippen LogP contribution < -0.4 is 24.8 Å². The Labute approximate surface area is 197 Å². The van der Waals surface area contributed by atoms with E-state index >= 15 is 0 Å². The lowest BCUT2D eigenvalue weighted by Gasteiger charge is -2.17. The first-order valence-electron chi connectivity index (χ1n) is 9.90. The molecule has 0 heterocycles. The van der Waals surface area contributed by atoms with Gasteiger partial charge in [-0.25, -0.2) is 4.99 Å². The largest absolute Gasteiger partial charge is 0.493 e. The maximum atomic E-state index is 5.55. The fourth-order valence-electron chi connectivity index (χ4n) is 3.06. The Morgan fingerprint density at radius 1 is 0.933 bits per heavy atom. The second-order valence-electron chi connectivity index (χ2n) is 6.88. The molecule has 0 saturated carbocycles. The van der Waals surface area contributed by atoms with Crippen LogP contribution in [0.2, 0.25) is 0 Å². The van der Waals surface area contributed by atoms with E-state index in [0.717, 1.165) is 24.6 Å². The van der Waals surface area contributed by atoms with Gasteiger partial charge in [-0.3, -0.25) is 0 Å². The van der Waals surface area contributed by atoms with Crippen LogP contribution in [0.5, 0.6) is 17.2 Å². The predicted octanol–water partition coefficient (Wildman–Crippen LogP) is 4.50. The topological polar surface area (TPSA) is 64.1 Å². The molecule has 0 saturated heterocycles. The molecule has 0 amide bonds. The fraction of sp³-hybridized carbons (Fsp3) is 0.435. The predicted molar refractivity (Wildman–Crippen MR) is 134 cm³/mol. The Hall–Kier alpha value is -2.16. The van der Waals surface area contributed by atoms with E-state index in [1.54, 1.807) is 21.3 Å². The molecular weight excluding hydrogens is 493 g/mol. The lowest BCUT2D eigenvalue weighted by atomic mass is 10.0. The van der Waals surface area contributed by atoms with Gasteiger partial charge in [0.2, 0.25) is 5.75 Å². The smallest absolute Gasteiger partial charge is 0.203 e. The third-order valence-electron chi connectivity index (χ3n) is 4.76. The van der Waals surface area contributed by atoms with E-state index in [4.69, 9.17) is 19.2 Å². The Morgan fingerprint density at radius 2 is 1.60 bits per heavy atom. The molecule has 0 aliphatic carbocycles. The van der Waals surface area contributed by atoms with E-state index in [1.807, 2.05) is 12.1 Å². The number of benzene rings is 2. The number of hydrogen-bond acceptors (Lipinski definition) is 4. The highest BCUT2D eigenvalue weighted by atomic mass is 127. The number of nitrogens with zero attached hydrogens (tertiary/aromatic N) is 1. The highest BCUT2D eigenvalue weighted by molar-refractivity contribution is 14.0. The molecule has 0 radical (unpaired) electrons. The van der Waals surface area contributed by atoms with Gasteiger partial charge in [-0.05, 0) is 37.5 Å². The summed E-state index contributed by atoms with van der Waals surface area (Å²) in [6.07, 6.45) is 0. The van der Waals surface area contributed by atoms with Crippen LogP contribution >= 0.6 is 24.0 Å². The first-order chi connectivity index (χ1) is 14.0. The molecule has 2 rings (SSSR count). The number of hydrogen-bond donors (Lipinski definition) is 2. The molecule has 0 aromatic heterocycles. The van der Waals surface area contributed by atoms with Crippen LogP contribution in [-0.2, 0) is 6.54 Å². The molecule has 1 atom stereocenters. The van der Waals surface area contributed by atoms with Gasteiger partial charge < -0.3 is 24.8 Å². The molecule has 2 N–H and O–H groups in total. The average molecular weight is 527 g/mol. The molecule has 0 spiro atoms. The van der Waals surface area contributed by atoms with Gasteiger partial charge in [0.1, 0.15) is 0 Å². The van der Waals surface area contributed by atoms with E-state index in [9.17, 15) is 0 Å². The van der Waals surface area contributed by atoms with Crippen molar-refractivity contribution in [2.24, 2.45) is 4.99 Å². The van der Waals surface area contributed by atoms with Crippen molar-refractivity contribution in [2.45, 2.75) is 33.2 Å². The summed E-state index contributed by atoms with van der Waals surface area (Å²) in [4.78, 5) is 4.72. The lowest BCUT2D eigenvalue weighted by Crippen LogP contribution is -2.39. The van der Waals surface area contributed by atoms with Gasteiger partial charge in [0.15, 0.2) is 17.5 Å². The summed E-state index contributed by atoms with van der Waals surface area (Å²) in [5.74, 6) is 2.99. The number of guanidine groups is 1. The van der Waals surface area contributed by atoms with Crippen molar-refractivity contribution in [3.63, 3.8) is 0 Å². The van der Waals surface area contributed by atoms with Crippen LogP contribution in [0.1, 0.15) is 36.5 Å². The standard InChI is InChI=1S/C23H33N3O3.HI/c1-7-24-23(25-14-17(3)18-10-8-16(2)9-11-18)26-15-19-12-13-20(27-4)22(29-6)21(19)28-5;/h8-13,17H,7,14-15H2,1-6H3,(H2,24,25,26);1H. The minimum atomic E-state index is 0. The average Bonchev–Trinajstić information content (AvgIpc) is 2.74. The summed E-state index contributed by atoms with van der Waals surface area (Å²) < 4.78 is 16.4. The summed E-state index contributed by atoms with van der Waals surface area (Å²) in [6.45, 7) is 8.39. The number of rotatable bonds is 9. The Bertz CT molecular complexity index is 810. The first kappa shape index (κ1) is 25.9. The third kappa shape index (κ3) is 6.97. The summed E-state index contributed by atoms with van der Waals surface area (Å²) in [5, 5.41) is 6.73. The van der Waals surface area contributed by atoms with Crippen molar-refractivity contribution >= 4 is 29.9 Å². The second kappa shape index (κ2) is 13.2. The molecule has 1 unspecified atom stereocenters. The molecule has 166 valence electrons. The quantitative estimate of drug-likeness (QED) is 0.286. The first-order valence-corrected chi connectivity index (χ1v) is 9.90. The molecule has 2 aromatic rings. The number of nitrogens with one attached hydrogen (secondary N) is 2. The molecular formula is C23H34IN3O3. The number of halogens is 1. The van der Waals surface area contributed by atoms with Gasteiger partial charge in [0.05, 0.1) is 27.9 Å². The minimum Gasteiger partial charge on any atom is -0.493 e. The second-order valence-corrected chi connectivity index (χ2v) is 6.88. The molecule has 2 aromatic carbocycles. The van der Waals surface area contributed by atoms with Gasteiger partial charge in [-0.1, -0.05) is 36.8 Å². The Balaban J connectivity index is 0.00000450. The van der Waals surface area contributed by atoms with Crippen molar-refractivity contribution in [1.82, 2.24) is 10.6 Å². The van der Waals surface area contributed by atoms with Gasteiger partial charge in [-0.2, -0.15) is 0 Å². The number of aliphatic imine (C=N–C) groups is 1. The van der Waals surface area contributed by atoms with Crippen molar-refractivity contribution in [3.8, 4) is 17.2 Å². The van der Waals surface area contributed by atoms with Crippen molar-refractivity contribution in [1.29, 1.82) is 0 Å². The van der Waals surface area contributed by atoms with Gasteiger partial charge in [-0.15, -0.1) is 24.0 Å². The Morgan fingerprint density at radius 3 is 2.17 bits per heavy atom. The third-order valence-corrected chi connectivity index (χ3v) is 4.76. The van der Waals surface area contributed by atoms with Crippen LogP contribution in [0.25, 0.3) is 0 Å². The van der Waals surface area contributed by atoms with Crippen LogP contribution in [0.15, 0.2) is 41.4 Å². The van der Waals surface area contributed by atoms with E-state index in [-0.39, 0.29) is 24.0 Å². The number of ether oxygens (including phenoxy) is 3. The summed E-state index contributed by atoms with van der Waals surface area (Å²) in [6, 6.07) is 12.5. The monoisotopic (exact) mass is 527 g/mol. The van der Waals surface area contributed by atoms with Crippen molar-refractivity contribution in [2.75, 3.05) is 34.4 Å². The highest BCUT2D eigenvalue weighted by Crippen LogP contribution is 2.39. The number of aryl methyl sites for hydroxylation is 1. The van der Waals surface area contributed by atoms with Crippen molar-refractivity contribution < 1.29 is 14.2 Å². The molecule has 7 heteroatoms. The van der Waals surface area contributed by atoms with Gasteiger partial charge >= 0.3 is 0 Å². The zero-order chi connectivity index (χ0) is 21.2. The van der Waals surface area contributed by atoms with Gasteiger partial charge in [0, 0.05) is 18.7 Å². The summed E-state index contributed by atoms with van der Waals surface area (Å²) in [7, 11) is 4.83. The zero-order valence-corrected chi connectivity index (χ0v) is 21.1. The van der Waals surface area contributed by atoms with E-state index < -0.39 is 0 Å². The minimum absolute atomic E-state index is 0. The maximum absolute atomic E-state index is 5.55. The molecule has 0 bridgehead atoms. The molecule has 30 heavy (non-hydrogen) atoms. The van der Waals surface area contributed by atoms with E-state index in [2.05, 4.69) is 55.7 Å². The molecule has 0 fully saturated rings. The van der Waals surface area contributed by atoms with Crippen LogP contribution in [0, 0.1) is 6.92 Å². The molecule has 0 aliphatic rings. The van der Waals surface area contributed by atoms with Crippen LogP contribution in [0.3, 0.4) is 0 Å². The SMILES string of the molecule is CCNC(=NCc1ccc(OC)c(OC)c1OC)NCC(C)c1ccc(C)cc1.I. The fourth-order valence-corrected chi connectivity index (χ4v) is 3.06. The Kier molecular flexibility index (Phi) is 11.4. The molecule has 0 aliphatic heterocycles. The zero-order valence-electron chi connectivity index (χ0n) is 18.7. The summed E-state index contributed by atoms with van der Waals surface area (Å²) in [5.41, 5.74) is 3.50. The van der Waals surface area contributed by atoms with Crippen LogP contribution in [-0.4, -0.2) is 40.4 Å².